The molecule has 0 amide bonds. The van der Waals surface area contributed by atoms with E-state index >= 15 is 0 Å². The first-order chi connectivity index (χ1) is 16.1. The molecule has 0 aliphatic carbocycles. The highest BCUT2D eigenvalue weighted by atomic mass is 35.5. The van der Waals surface area contributed by atoms with Crippen LogP contribution in [0.25, 0.3) is 0 Å². The van der Waals surface area contributed by atoms with Gasteiger partial charge in [-0.1, -0.05) is 41.9 Å². The third-order valence-corrected chi connectivity index (χ3v) is 6.54. The van der Waals surface area contributed by atoms with Crippen molar-refractivity contribution in [1.82, 2.24) is 4.90 Å². The van der Waals surface area contributed by atoms with Crippen LogP contribution in [-0.2, 0) is 22.5 Å². The predicted molar refractivity (Wildman–Crippen MR) is 118 cm³/mol. The van der Waals surface area contributed by atoms with Gasteiger partial charge in [-0.05, 0) is 41.8 Å². The molecule has 1 aliphatic heterocycles. The highest BCUT2D eigenvalue weighted by Gasteiger charge is 2.33. The van der Waals surface area contributed by atoms with Gasteiger partial charge in [0.15, 0.2) is 5.06 Å². The molecule has 0 fully saturated rings. The topological polar surface area (TPSA) is 76.1 Å². The molecule has 8 heteroatoms. The Labute approximate surface area is 192 Å². The van der Waals surface area contributed by atoms with Crippen LogP contribution in [0.5, 0.6) is 10.8 Å². The van der Waals surface area contributed by atoms with Crippen LogP contribution in [0.3, 0.4) is 0 Å². The summed E-state index contributed by atoms with van der Waals surface area (Å²) < 4.78 is 32.2. The lowest BCUT2D eigenvalue weighted by Gasteiger charge is -2.33. The predicted octanol–water partition coefficient (Wildman–Crippen LogP) is 4.60. The maximum Gasteiger partial charge on any atom is 0.348 e. The van der Waals surface area contributed by atoms with Crippen molar-refractivity contribution >= 4 is 34.9 Å². The lowest BCUT2D eigenvalue weighted by Crippen LogP contribution is -2.38. The van der Waals surface area contributed by atoms with Crippen LogP contribution in [0.1, 0.15) is 36.5 Å². The molecule has 2 heterocycles. The summed E-state index contributed by atoms with van der Waals surface area (Å²) in [5, 5.41) is 10.6. The minimum Gasteiger partial charge on any atom is -0.507 e. The van der Waals surface area contributed by atoms with E-state index in [1.54, 1.807) is 47.4 Å². The number of phenolic OH excluding ortho intramolecular Hbond substituents is 1. The second-order valence-corrected chi connectivity index (χ2v) is 8.49. The lowest BCUT2D eigenvalue weighted by atomic mass is 10.0. The van der Waals surface area contributed by atoms with E-state index in [9.17, 15) is 14.7 Å². The highest BCUT2D eigenvalue weighted by molar-refractivity contribution is 7.14. The Kier molecular flexibility index (Phi) is 5.21. The van der Waals surface area contributed by atoms with E-state index in [-0.39, 0.29) is 11.3 Å². The fourth-order valence-corrected chi connectivity index (χ4v) is 4.86. The summed E-state index contributed by atoms with van der Waals surface area (Å²) in [4.78, 5) is 28.1. The number of para-hydroxylation sites is 1. The number of ether oxygens (including phenoxy) is 2. The van der Waals surface area contributed by atoms with Crippen molar-refractivity contribution < 1.29 is 28.3 Å². The first kappa shape index (κ1) is 17.8. The summed E-state index contributed by atoms with van der Waals surface area (Å²) >= 11 is 7.65. The van der Waals surface area contributed by atoms with E-state index in [1.807, 2.05) is 0 Å². The van der Waals surface area contributed by atoms with Gasteiger partial charge in [0.05, 0.1) is 11.2 Å². The normalized spacial score (nSPS) is 16.4. The number of carbonyl (C=O) groups excluding carboxylic acids is 2. The van der Waals surface area contributed by atoms with Crippen LogP contribution in [0.4, 0.5) is 0 Å². The SMILES string of the molecule is [2H]C([2H])([2H])OC(=O)[C@H](c1ccccc1Cl)N1CCc2sc(OC(=O)c3ccccc3O)cc2C1. The number of phenols is 1. The molecule has 31 heavy (non-hydrogen) atoms. The number of halogens is 1. The first-order valence-electron chi connectivity index (χ1n) is 11.0. The van der Waals surface area contributed by atoms with Crippen LogP contribution in [0, 0.1) is 0 Å². The Morgan fingerprint density at radius 2 is 2.00 bits per heavy atom. The molecular weight excluding hydrogens is 438 g/mol. The van der Waals surface area contributed by atoms with Gasteiger partial charge in [-0.3, -0.25) is 4.90 Å². The number of benzene rings is 2. The van der Waals surface area contributed by atoms with Crippen molar-refractivity contribution in [3.8, 4) is 10.8 Å². The zero-order valence-corrected chi connectivity index (χ0v) is 17.8. The molecule has 4 rings (SSSR count). The molecular formula is C23H20ClNO5S. The fraction of sp³-hybridized carbons (Fsp3) is 0.217. The standard InChI is InChI=1S/C23H20ClNO5S/c1-29-23(28)21(15-6-2-4-8-17(15)24)25-11-10-19-14(13-25)12-20(31-19)30-22(27)16-7-3-5-9-18(16)26/h2-9,12,21,26H,10-11,13H2,1H3/t21-/m0/s1/i1D3. The van der Waals surface area contributed by atoms with E-state index in [0.29, 0.717) is 35.2 Å². The number of esters is 2. The molecule has 0 bridgehead atoms. The summed E-state index contributed by atoms with van der Waals surface area (Å²) in [7, 11) is -2.88. The average molecular weight is 461 g/mol. The van der Waals surface area contributed by atoms with Crippen molar-refractivity contribution in [1.29, 1.82) is 0 Å². The molecule has 1 atom stereocenters. The number of hydrogen-bond donors (Lipinski definition) is 1. The van der Waals surface area contributed by atoms with Gasteiger partial charge in [-0.15, -0.1) is 11.3 Å². The maximum absolute atomic E-state index is 12.9. The highest BCUT2D eigenvalue weighted by Crippen LogP contribution is 2.38. The van der Waals surface area contributed by atoms with E-state index in [4.69, 9.17) is 25.2 Å². The van der Waals surface area contributed by atoms with Gasteiger partial charge < -0.3 is 14.6 Å². The number of carbonyl (C=O) groups is 2. The molecule has 0 unspecified atom stereocenters. The Hall–Kier alpha value is -2.87. The average Bonchev–Trinajstić information content (AvgIpc) is 3.16. The summed E-state index contributed by atoms with van der Waals surface area (Å²) in [5.74, 6) is -1.77. The molecule has 1 aromatic heterocycles. The van der Waals surface area contributed by atoms with E-state index < -0.39 is 25.0 Å². The minimum absolute atomic E-state index is 0.0571. The van der Waals surface area contributed by atoms with E-state index in [2.05, 4.69) is 0 Å². The molecule has 0 saturated carbocycles. The third kappa shape index (κ3) is 4.44. The molecule has 2 aromatic carbocycles. The van der Waals surface area contributed by atoms with Crippen molar-refractivity contribution in [2.75, 3.05) is 13.6 Å². The van der Waals surface area contributed by atoms with Crippen LogP contribution in [0.2, 0.25) is 5.02 Å². The summed E-state index contributed by atoms with van der Waals surface area (Å²) in [5.41, 5.74) is 1.35. The second kappa shape index (κ2) is 9.09. The monoisotopic (exact) mass is 460 g/mol. The van der Waals surface area contributed by atoms with Crippen molar-refractivity contribution in [3.05, 3.63) is 81.2 Å². The fourth-order valence-electron chi connectivity index (χ4n) is 3.62. The van der Waals surface area contributed by atoms with Gasteiger partial charge in [0, 0.05) is 23.0 Å². The zero-order valence-electron chi connectivity index (χ0n) is 19.2. The van der Waals surface area contributed by atoms with E-state index in [1.165, 1.54) is 23.5 Å². The molecule has 1 aliphatic rings. The first-order valence-corrected chi connectivity index (χ1v) is 10.6. The molecule has 6 nitrogen and oxygen atoms in total. The third-order valence-electron chi connectivity index (χ3n) is 5.08. The quantitative estimate of drug-likeness (QED) is 0.561. The number of methoxy groups -OCH3 is 1. The molecule has 160 valence electrons. The molecule has 1 N–H and O–H groups in total. The Morgan fingerprint density at radius 3 is 2.77 bits per heavy atom. The second-order valence-electron chi connectivity index (χ2n) is 6.99. The van der Waals surface area contributed by atoms with Crippen molar-refractivity contribution in [2.24, 2.45) is 0 Å². The van der Waals surface area contributed by atoms with Gasteiger partial charge in [-0.25, -0.2) is 9.59 Å². The van der Waals surface area contributed by atoms with Crippen LogP contribution in [0.15, 0.2) is 54.6 Å². The number of nitrogens with zero attached hydrogens (tertiary/aromatic N) is 1. The van der Waals surface area contributed by atoms with Gasteiger partial charge >= 0.3 is 11.9 Å². The van der Waals surface area contributed by atoms with Crippen LogP contribution < -0.4 is 4.74 Å². The van der Waals surface area contributed by atoms with Crippen LogP contribution >= 0.6 is 22.9 Å². The van der Waals surface area contributed by atoms with Gasteiger partial charge in [0.1, 0.15) is 17.4 Å². The molecule has 0 radical (unpaired) electrons. The minimum atomic E-state index is -2.88. The summed E-state index contributed by atoms with van der Waals surface area (Å²) in [6, 6.07) is 13.5. The zero-order chi connectivity index (χ0) is 24.5. The maximum atomic E-state index is 12.9. The van der Waals surface area contributed by atoms with Crippen molar-refractivity contribution in [3.63, 3.8) is 0 Å². The molecule has 0 saturated heterocycles. The summed E-state index contributed by atoms with van der Waals surface area (Å²) in [6.45, 7) is 0.734. The van der Waals surface area contributed by atoms with Gasteiger partial charge in [0.25, 0.3) is 0 Å². The van der Waals surface area contributed by atoms with Gasteiger partial charge in [-0.2, -0.15) is 0 Å². The molecule has 3 aromatic rings. The number of aromatic hydroxyl groups is 1. The van der Waals surface area contributed by atoms with Crippen molar-refractivity contribution in [2.45, 2.75) is 19.0 Å². The molecule has 0 spiro atoms. The Balaban J connectivity index is 1.57. The number of thiophene rings is 1. The van der Waals surface area contributed by atoms with Crippen LogP contribution in [-0.4, -0.2) is 35.5 Å². The Morgan fingerprint density at radius 1 is 1.23 bits per heavy atom. The number of fused-ring (bicyclic) bond motifs is 1. The largest absolute Gasteiger partial charge is 0.507 e. The smallest absolute Gasteiger partial charge is 0.348 e. The lowest BCUT2D eigenvalue weighted by molar-refractivity contribution is -0.147. The van der Waals surface area contributed by atoms with E-state index in [0.717, 1.165) is 10.4 Å². The summed E-state index contributed by atoms with van der Waals surface area (Å²) in [6.07, 6.45) is 0.552. The number of rotatable bonds is 5. The van der Waals surface area contributed by atoms with Gasteiger partial charge in [0.2, 0.25) is 0 Å². The number of hydrogen-bond acceptors (Lipinski definition) is 7. The Bertz CT molecular complexity index is 1230.